The highest BCUT2D eigenvalue weighted by Crippen LogP contribution is 2.27. The van der Waals surface area contributed by atoms with Gasteiger partial charge in [-0.3, -0.25) is 4.79 Å². The Morgan fingerprint density at radius 2 is 2.07 bits per heavy atom. The van der Waals surface area contributed by atoms with Crippen molar-refractivity contribution in [2.75, 3.05) is 18.5 Å². The Balaban J connectivity index is 2.67. The van der Waals surface area contributed by atoms with Gasteiger partial charge in [-0.1, -0.05) is 12.1 Å². The number of benzene rings is 1. The van der Waals surface area contributed by atoms with E-state index < -0.39 is 0 Å². The van der Waals surface area contributed by atoms with E-state index in [4.69, 9.17) is 0 Å². The quantitative estimate of drug-likeness (QED) is 0.389. The molecule has 1 amide bonds. The standard InChI is InChI=1S/C11H12N2O2/c1-3-13(15)10-8-6-4-5-7-9(8)12(2)11(10)14/h4-7H,3H2,1-2H3/b13-10+. The van der Waals surface area contributed by atoms with Gasteiger partial charge >= 0.3 is 5.91 Å². The molecule has 4 heteroatoms. The summed E-state index contributed by atoms with van der Waals surface area (Å²) in [5, 5.41) is 11.6. The van der Waals surface area contributed by atoms with Gasteiger partial charge in [0, 0.05) is 7.05 Å². The third-order valence-corrected chi connectivity index (χ3v) is 2.56. The van der Waals surface area contributed by atoms with Crippen molar-refractivity contribution in [3.63, 3.8) is 0 Å². The van der Waals surface area contributed by atoms with Crippen LogP contribution >= 0.6 is 0 Å². The van der Waals surface area contributed by atoms with Crippen LogP contribution in [0.4, 0.5) is 5.69 Å². The molecule has 1 aliphatic heterocycles. The van der Waals surface area contributed by atoms with E-state index in [1.54, 1.807) is 20.0 Å². The molecule has 78 valence electrons. The fraction of sp³-hybridized carbons (Fsp3) is 0.273. The van der Waals surface area contributed by atoms with E-state index >= 15 is 0 Å². The SMILES string of the molecule is CC/[N+]([O-])=C1\C(=O)N(C)c2ccccc21. The first-order valence-electron chi connectivity index (χ1n) is 4.86. The summed E-state index contributed by atoms with van der Waals surface area (Å²) in [6, 6.07) is 7.32. The largest absolute Gasteiger partial charge is 0.623 e. The first kappa shape index (κ1) is 9.71. The zero-order valence-corrected chi connectivity index (χ0v) is 8.73. The number of rotatable bonds is 1. The van der Waals surface area contributed by atoms with Gasteiger partial charge in [0.2, 0.25) is 0 Å². The Bertz CT molecular complexity index is 452. The molecule has 1 heterocycles. The second-order valence-corrected chi connectivity index (χ2v) is 3.42. The smallest absolute Gasteiger partial charge is 0.324 e. The molecule has 15 heavy (non-hydrogen) atoms. The molecule has 0 saturated heterocycles. The van der Waals surface area contributed by atoms with Gasteiger partial charge < -0.3 is 10.1 Å². The molecule has 1 aromatic rings. The number of carbonyl (C=O) groups excluding carboxylic acids is 1. The maximum atomic E-state index is 11.8. The summed E-state index contributed by atoms with van der Waals surface area (Å²) in [5.74, 6) is -0.229. The number of hydroxylamine groups is 1. The zero-order valence-electron chi connectivity index (χ0n) is 8.73. The van der Waals surface area contributed by atoms with E-state index in [-0.39, 0.29) is 18.2 Å². The molecule has 0 radical (unpaired) electrons. The minimum atomic E-state index is -0.229. The Morgan fingerprint density at radius 1 is 1.40 bits per heavy atom. The molecule has 0 spiro atoms. The van der Waals surface area contributed by atoms with Gasteiger partial charge in [0.1, 0.15) is 0 Å². The van der Waals surface area contributed by atoms with Crippen molar-refractivity contribution >= 4 is 17.3 Å². The van der Waals surface area contributed by atoms with E-state index in [2.05, 4.69) is 0 Å². The lowest BCUT2D eigenvalue weighted by atomic mass is 10.1. The molecule has 0 aromatic heterocycles. The van der Waals surface area contributed by atoms with Gasteiger partial charge in [-0.15, -0.1) is 0 Å². The van der Waals surface area contributed by atoms with Crippen molar-refractivity contribution in [1.82, 2.24) is 0 Å². The molecular weight excluding hydrogens is 192 g/mol. The molecular formula is C11H12N2O2. The maximum absolute atomic E-state index is 11.8. The molecule has 0 fully saturated rings. The summed E-state index contributed by atoms with van der Waals surface area (Å²) < 4.78 is 0.741. The van der Waals surface area contributed by atoms with Crippen LogP contribution in [0.25, 0.3) is 0 Å². The average molecular weight is 204 g/mol. The molecule has 1 aliphatic rings. The van der Waals surface area contributed by atoms with E-state index in [0.29, 0.717) is 0 Å². The van der Waals surface area contributed by atoms with Crippen molar-refractivity contribution in [3.8, 4) is 0 Å². The number of amides is 1. The summed E-state index contributed by atoms with van der Waals surface area (Å²) >= 11 is 0. The van der Waals surface area contributed by atoms with Crippen LogP contribution in [0.1, 0.15) is 12.5 Å². The van der Waals surface area contributed by atoms with Crippen LogP contribution in [0.3, 0.4) is 0 Å². The second-order valence-electron chi connectivity index (χ2n) is 3.42. The summed E-state index contributed by atoms with van der Waals surface area (Å²) in [6.07, 6.45) is 0. The van der Waals surface area contributed by atoms with E-state index in [9.17, 15) is 10.0 Å². The van der Waals surface area contributed by atoms with Crippen LogP contribution in [0.2, 0.25) is 0 Å². The predicted octanol–water partition coefficient (Wildman–Crippen LogP) is 0.982. The molecule has 1 aromatic carbocycles. The van der Waals surface area contributed by atoms with Gasteiger partial charge in [0.05, 0.1) is 11.3 Å². The summed E-state index contributed by atoms with van der Waals surface area (Å²) in [5.41, 5.74) is 1.77. The van der Waals surface area contributed by atoms with Gasteiger partial charge in [0.25, 0.3) is 5.71 Å². The van der Waals surface area contributed by atoms with Crippen LogP contribution in [0.5, 0.6) is 0 Å². The van der Waals surface area contributed by atoms with Crippen molar-refractivity contribution in [3.05, 3.63) is 35.0 Å². The lowest BCUT2D eigenvalue weighted by Gasteiger charge is -2.06. The minimum Gasteiger partial charge on any atom is -0.623 e. The zero-order chi connectivity index (χ0) is 11.0. The van der Waals surface area contributed by atoms with Crippen molar-refractivity contribution < 1.29 is 9.53 Å². The number of anilines is 1. The number of para-hydroxylation sites is 1. The minimum absolute atomic E-state index is 0.229. The van der Waals surface area contributed by atoms with E-state index in [1.165, 1.54) is 4.90 Å². The number of hydrogen-bond acceptors (Lipinski definition) is 2. The number of likely N-dealkylation sites (N-methyl/N-ethyl adjacent to an activating group) is 1. The second kappa shape index (κ2) is 3.38. The van der Waals surface area contributed by atoms with Crippen LogP contribution in [-0.2, 0) is 4.79 Å². The average Bonchev–Trinajstić information content (AvgIpc) is 2.52. The lowest BCUT2D eigenvalue weighted by Crippen LogP contribution is -2.30. The molecule has 0 aliphatic carbocycles. The first-order valence-corrected chi connectivity index (χ1v) is 4.86. The number of nitrogens with zero attached hydrogens (tertiary/aromatic N) is 2. The number of fused-ring (bicyclic) bond motifs is 1. The fourth-order valence-corrected chi connectivity index (χ4v) is 1.75. The topological polar surface area (TPSA) is 46.4 Å². The van der Waals surface area contributed by atoms with Crippen LogP contribution in [-0.4, -0.2) is 30.0 Å². The molecule has 2 rings (SSSR count). The molecule has 0 bridgehead atoms. The van der Waals surface area contributed by atoms with Gasteiger partial charge in [0.15, 0.2) is 6.54 Å². The molecule has 0 N–H and O–H groups in total. The molecule has 4 nitrogen and oxygen atoms in total. The number of carbonyl (C=O) groups is 1. The fourth-order valence-electron chi connectivity index (χ4n) is 1.75. The lowest BCUT2D eigenvalue weighted by molar-refractivity contribution is -0.451. The maximum Gasteiger partial charge on any atom is 0.324 e. The predicted molar refractivity (Wildman–Crippen MR) is 58.1 cm³/mol. The Labute approximate surface area is 88.0 Å². The van der Waals surface area contributed by atoms with Crippen molar-refractivity contribution in [1.29, 1.82) is 0 Å². The summed E-state index contributed by atoms with van der Waals surface area (Å²) in [6.45, 7) is 2.01. The first-order chi connectivity index (χ1) is 7.16. The molecule has 0 atom stereocenters. The van der Waals surface area contributed by atoms with E-state index in [0.717, 1.165) is 16.0 Å². The van der Waals surface area contributed by atoms with Crippen molar-refractivity contribution in [2.24, 2.45) is 0 Å². The normalized spacial score (nSPS) is 18.0. The third-order valence-electron chi connectivity index (χ3n) is 2.56. The molecule has 0 unspecified atom stereocenters. The van der Waals surface area contributed by atoms with Crippen molar-refractivity contribution in [2.45, 2.75) is 6.92 Å². The Kier molecular flexibility index (Phi) is 2.19. The summed E-state index contributed by atoms with van der Waals surface area (Å²) in [4.78, 5) is 13.3. The highest BCUT2D eigenvalue weighted by molar-refractivity contribution is 6.52. The van der Waals surface area contributed by atoms with Gasteiger partial charge in [-0.2, -0.15) is 0 Å². The summed E-state index contributed by atoms with van der Waals surface area (Å²) in [7, 11) is 1.68. The van der Waals surface area contributed by atoms with Gasteiger partial charge in [-0.25, -0.2) is 4.74 Å². The van der Waals surface area contributed by atoms with Crippen LogP contribution < -0.4 is 4.90 Å². The van der Waals surface area contributed by atoms with Gasteiger partial charge in [-0.05, 0) is 19.1 Å². The highest BCUT2D eigenvalue weighted by atomic mass is 16.5. The highest BCUT2D eigenvalue weighted by Gasteiger charge is 2.36. The Hall–Kier alpha value is -1.84. The monoisotopic (exact) mass is 204 g/mol. The van der Waals surface area contributed by atoms with Crippen LogP contribution in [0, 0.1) is 5.21 Å². The third kappa shape index (κ3) is 1.29. The van der Waals surface area contributed by atoms with E-state index in [1.807, 2.05) is 18.2 Å². The number of hydrogen-bond donors (Lipinski definition) is 0. The Morgan fingerprint density at radius 3 is 2.73 bits per heavy atom. The van der Waals surface area contributed by atoms with Crippen LogP contribution in [0.15, 0.2) is 24.3 Å². The molecule has 0 saturated carbocycles.